The number of ether oxygens (including phenoxy) is 1. The van der Waals surface area contributed by atoms with E-state index in [0.717, 1.165) is 5.56 Å². The lowest BCUT2D eigenvalue weighted by molar-refractivity contribution is -0.384. The number of aliphatic hydroxyl groups is 2. The van der Waals surface area contributed by atoms with E-state index in [-0.39, 0.29) is 48.6 Å². The summed E-state index contributed by atoms with van der Waals surface area (Å²) < 4.78 is 5.29. The zero-order chi connectivity index (χ0) is 25.0. The molecule has 0 bridgehead atoms. The number of nitrogens with zero attached hydrogens (tertiary/aromatic N) is 2. The molecule has 2 aromatic rings. The Labute approximate surface area is 197 Å². The van der Waals surface area contributed by atoms with Gasteiger partial charge >= 0.3 is 0 Å². The first-order valence-electron chi connectivity index (χ1n) is 10.9. The Kier molecular flexibility index (Phi) is 7.48. The molecule has 1 atom stereocenters. The lowest BCUT2D eigenvalue weighted by Gasteiger charge is -2.26. The number of hydrogen-bond donors (Lipinski definition) is 2. The van der Waals surface area contributed by atoms with Crippen molar-refractivity contribution in [1.29, 1.82) is 0 Å². The van der Waals surface area contributed by atoms with Crippen LogP contribution < -0.4 is 0 Å². The van der Waals surface area contributed by atoms with Gasteiger partial charge in [-0.2, -0.15) is 0 Å². The summed E-state index contributed by atoms with van der Waals surface area (Å²) in [6.45, 7) is 6.31. The first-order chi connectivity index (χ1) is 16.1. The summed E-state index contributed by atoms with van der Waals surface area (Å²) >= 11 is 0. The molecule has 0 aromatic heterocycles. The Hall–Kier alpha value is -3.56. The van der Waals surface area contributed by atoms with Gasteiger partial charge in [-0.25, -0.2) is 0 Å². The van der Waals surface area contributed by atoms with Gasteiger partial charge in [-0.15, -0.1) is 0 Å². The third-order valence-electron chi connectivity index (χ3n) is 5.70. The summed E-state index contributed by atoms with van der Waals surface area (Å²) in [6.07, 6.45) is 0. The molecule has 9 heteroatoms. The van der Waals surface area contributed by atoms with E-state index in [9.17, 15) is 24.8 Å². The van der Waals surface area contributed by atoms with Crippen molar-refractivity contribution in [3.63, 3.8) is 0 Å². The van der Waals surface area contributed by atoms with E-state index in [4.69, 9.17) is 9.84 Å². The van der Waals surface area contributed by atoms with Crippen molar-refractivity contribution in [2.45, 2.75) is 32.2 Å². The molecular formula is C25H28N2O7. The summed E-state index contributed by atoms with van der Waals surface area (Å²) in [5.74, 6) is -2.03. The fourth-order valence-electron chi connectivity index (χ4n) is 3.85. The van der Waals surface area contributed by atoms with E-state index < -0.39 is 28.4 Å². The highest BCUT2D eigenvalue weighted by atomic mass is 16.6. The van der Waals surface area contributed by atoms with E-state index in [0.29, 0.717) is 5.56 Å². The lowest BCUT2D eigenvalue weighted by atomic mass is 9.85. The summed E-state index contributed by atoms with van der Waals surface area (Å²) in [4.78, 5) is 37.6. The number of carbonyl (C=O) groups excluding carboxylic acids is 2. The second kappa shape index (κ2) is 10.1. The molecule has 0 radical (unpaired) electrons. The molecule has 180 valence electrons. The van der Waals surface area contributed by atoms with Crippen molar-refractivity contribution in [2.24, 2.45) is 0 Å². The van der Waals surface area contributed by atoms with Crippen molar-refractivity contribution >= 4 is 23.1 Å². The van der Waals surface area contributed by atoms with Crippen molar-refractivity contribution in [3.05, 3.63) is 80.9 Å². The number of amides is 1. The summed E-state index contributed by atoms with van der Waals surface area (Å²) in [5.41, 5.74) is 1.54. The zero-order valence-electron chi connectivity index (χ0n) is 19.4. The smallest absolute Gasteiger partial charge is 0.295 e. The minimum absolute atomic E-state index is 0.0767. The van der Waals surface area contributed by atoms with Gasteiger partial charge in [0.15, 0.2) is 0 Å². The van der Waals surface area contributed by atoms with Crippen molar-refractivity contribution in [3.8, 4) is 0 Å². The molecule has 1 amide bonds. The number of hydrogen-bond acceptors (Lipinski definition) is 7. The third kappa shape index (κ3) is 5.16. The van der Waals surface area contributed by atoms with Gasteiger partial charge in [-0.05, 0) is 28.7 Å². The van der Waals surface area contributed by atoms with Gasteiger partial charge in [0, 0.05) is 24.2 Å². The number of likely N-dealkylation sites (tertiary alicyclic amines) is 1. The largest absolute Gasteiger partial charge is 0.507 e. The molecule has 2 aromatic carbocycles. The highest BCUT2D eigenvalue weighted by Crippen LogP contribution is 2.40. The highest BCUT2D eigenvalue weighted by molar-refractivity contribution is 6.46. The van der Waals surface area contributed by atoms with Crippen LogP contribution in [0, 0.1) is 10.1 Å². The Bertz CT molecular complexity index is 1100. The van der Waals surface area contributed by atoms with E-state index >= 15 is 0 Å². The first-order valence-corrected chi connectivity index (χ1v) is 10.9. The number of rotatable bonds is 8. The maximum absolute atomic E-state index is 13.0. The van der Waals surface area contributed by atoms with Crippen LogP contribution in [0.3, 0.4) is 0 Å². The average Bonchev–Trinajstić information content (AvgIpc) is 3.06. The molecule has 1 heterocycles. The van der Waals surface area contributed by atoms with Crippen LogP contribution in [0.5, 0.6) is 0 Å². The molecule has 1 fully saturated rings. The molecule has 0 spiro atoms. The highest BCUT2D eigenvalue weighted by Gasteiger charge is 2.46. The van der Waals surface area contributed by atoms with Crippen molar-refractivity contribution < 1.29 is 29.5 Å². The predicted molar refractivity (Wildman–Crippen MR) is 125 cm³/mol. The summed E-state index contributed by atoms with van der Waals surface area (Å²) in [6, 6.07) is 11.7. The van der Waals surface area contributed by atoms with Gasteiger partial charge in [0.2, 0.25) is 0 Å². The molecule has 1 aliphatic heterocycles. The standard InChI is InChI=1S/C25H28N2O7/c1-25(2,3)18-8-4-16(5-9-18)21-20(22(29)17-6-10-19(11-7-17)27(32)33)23(30)24(31)26(21)12-14-34-15-13-28/h4-11,21,28-29H,12-15H2,1-3H3/b22-20+/t21-/m0/s1. The van der Waals surface area contributed by atoms with Gasteiger partial charge in [-0.1, -0.05) is 45.0 Å². The van der Waals surface area contributed by atoms with Gasteiger partial charge in [0.25, 0.3) is 17.4 Å². The Morgan fingerprint density at radius 2 is 1.68 bits per heavy atom. The van der Waals surface area contributed by atoms with E-state index in [2.05, 4.69) is 20.8 Å². The molecule has 2 N–H and O–H groups in total. The molecule has 34 heavy (non-hydrogen) atoms. The van der Waals surface area contributed by atoms with Crippen LogP contribution in [0.2, 0.25) is 0 Å². The Morgan fingerprint density at radius 3 is 2.21 bits per heavy atom. The van der Waals surface area contributed by atoms with Crippen LogP contribution in [0.25, 0.3) is 5.76 Å². The molecule has 1 aliphatic rings. The number of ketones is 1. The van der Waals surface area contributed by atoms with Crippen LogP contribution >= 0.6 is 0 Å². The fourth-order valence-corrected chi connectivity index (χ4v) is 3.85. The first kappa shape index (κ1) is 25.1. The molecule has 9 nitrogen and oxygen atoms in total. The quantitative estimate of drug-likeness (QED) is 0.152. The maximum atomic E-state index is 13.0. The number of benzene rings is 2. The minimum atomic E-state index is -0.859. The molecule has 0 saturated carbocycles. The second-order valence-corrected chi connectivity index (χ2v) is 9.00. The van der Waals surface area contributed by atoms with Gasteiger partial charge < -0.3 is 19.8 Å². The number of non-ortho nitro benzene ring substituents is 1. The second-order valence-electron chi connectivity index (χ2n) is 9.00. The SMILES string of the molecule is CC(C)(C)c1ccc([C@H]2/C(=C(\O)c3ccc([N+](=O)[O-])cc3)C(=O)C(=O)N2CCOCCO)cc1. The number of nitro groups is 1. The van der Waals surface area contributed by atoms with E-state index in [1.807, 2.05) is 24.3 Å². The number of carbonyl (C=O) groups is 2. The van der Waals surface area contributed by atoms with Crippen molar-refractivity contribution in [1.82, 2.24) is 4.90 Å². The Balaban J connectivity index is 2.07. The van der Waals surface area contributed by atoms with E-state index in [1.165, 1.54) is 29.2 Å². The van der Waals surface area contributed by atoms with Gasteiger partial charge in [0.1, 0.15) is 5.76 Å². The molecular weight excluding hydrogens is 440 g/mol. The monoisotopic (exact) mass is 468 g/mol. The molecule has 3 rings (SSSR count). The lowest BCUT2D eigenvalue weighted by Crippen LogP contribution is -2.33. The number of Topliss-reactive ketones (excluding diaryl/α,β-unsaturated/α-hetero) is 1. The summed E-state index contributed by atoms with van der Waals surface area (Å²) in [5, 5.41) is 30.9. The number of nitro benzene ring substituents is 1. The van der Waals surface area contributed by atoms with Crippen LogP contribution in [-0.4, -0.2) is 58.1 Å². The molecule has 1 saturated heterocycles. The van der Waals surface area contributed by atoms with Gasteiger partial charge in [0.05, 0.1) is 36.4 Å². The topological polar surface area (TPSA) is 130 Å². The normalized spacial score (nSPS) is 17.9. The van der Waals surface area contributed by atoms with Crippen LogP contribution in [0.4, 0.5) is 5.69 Å². The minimum Gasteiger partial charge on any atom is -0.507 e. The number of aliphatic hydroxyl groups excluding tert-OH is 2. The fraction of sp³-hybridized carbons (Fsp3) is 0.360. The molecule has 0 aliphatic carbocycles. The molecule has 0 unspecified atom stereocenters. The third-order valence-corrected chi connectivity index (χ3v) is 5.70. The van der Waals surface area contributed by atoms with E-state index in [1.54, 1.807) is 0 Å². The summed E-state index contributed by atoms with van der Waals surface area (Å²) in [7, 11) is 0. The zero-order valence-corrected chi connectivity index (χ0v) is 19.4. The van der Waals surface area contributed by atoms with Gasteiger partial charge in [-0.3, -0.25) is 19.7 Å². The van der Waals surface area contributed by atoms with Crippen LogP contribution in [0.15, 0.2) is 54.1 Å². The van der Waals surface area contributed by atoms with Crippen LogP contribution in [-0.2, 0) is 19.7 Å². The van der Waals surface area contributed by atoms with Crippen LogP contribution in [0.1, 0.15) is 43.5 Å². The average molecular weight is 469 g/mol. The predicted octanol–water partition coefficient (Wildman–Crippen LogP) is 3.32. The Morgan fingerprint density at radius 1 is 1.06 bits per heavy atom. The maximum Gasteiger partial charge on any atom is 0.295 e. The van der Waals surface area contributed by atoms with Crippen molar-refractivity contribution in [2.75, 3.05) is 26.4 Å².